The largest absolute Gasteiger partial charge is 0.309 e. The van der Waals surface area contributed by atoms with E-state index in [1.54, 1.807) is 13.0 Å². The number of hydrogen-bond donors (Lipinski definition) is 0. The van der Waals surface area contributed by atoms with Crippen LogP contribution < -0.4 is 0 Å². The van der Waals surface area contributed by atoms with Gasteiger partial charge in [0.15, 0.2) is 0 Å². The van der Waals surface area contributed by atoms with E-state index in [1.165, 1.54) is 0 Å². The van der Waals surface area contributed by atoms with Gasteiger partial charge in [0.2, 0.25) is 0 Å². The van der Waals surface area contributed by atoms with Gasteiger partial charge in [0.25, 0.3) is 0 Å². The van der Waals surface area contributed by atoms with Gasteiger partial charge >= 0.3 is 6.08 Å². The maximum atomic E-state index is 12.2. The summed E-state index contributed by atoms with van der Waals surface area (Å²) in [7, 11) is 0. The first kappa shape index (κ1) is 6.85. The number of halogens is 2. The second kappa shape index (κ2) is 2.55. The van der Waals surface area contributed by atoms with Gasteiger partial charge in [0.05, 0.1) is 0 Å². The Kier molecular flexibility index (Phi) is 1.94. The molecule has 0 aliphatic heterocycles. The van der Waals surface area contributed by atoms with Gasteiger partial charge in [-0.25, -0.2) is 4.98 Å². The average Bonchev–Trinajstić information content (AvgIpc) is 1.59. The van der Waals surface area contributed by atoms with Crippen LogP contribution in [0.5, 0.6) is 0 Å². The van der Waals surface area contributed by atoms with Crippen molar-refractivity contribution in [1.82, 2.24) is 9.97 Å². The Bertz CT molecular complexity index is 176. The predicted molar refractivity (Wildman–Crippen MR) is 39.4 cm³/mol. The summed E-state index contributed by atoms with van der Waals surface area (Å²) in [5.74, 6) is 0. The lowest BCUT2D eigenvalue weighted by atomic mass is 10.5. The van der Waals surface area contributed by atoms with Crippen LogP contribution in [0, 0.1) is 16.7 Å². The summed E-state index contributed by atoms with van der Waals surface area (Å²) in [4.78, 5) is 6.90. The summed E-state index contributed by atoms with van der Waals surface area (Å²) in [5, 5.41) is 0. The first-order chi connectivity index (χ1) is 4.18. The minimum absolute atomic E-state index is 0.637. The molecule has 2 nitrogen and oxygen atoms in total. The van der Waals surface area contributed by atoms with Crippen molar-refractivity contribution in [1.29, 1.82) is 0 Å². The Morgan fingerprint density at radius 3 is 2.67 bits per heavy atom. The first-order valence-electron chi connectivity index (χ1n) is 2.35. The van der Waals surface area contributed by atoms with E-state index in [0.717, 1.165) is 0 Å². The summed E-state index contributed by atoms with van der Waals surface area (Å²) in [6.45, 7) is 1.73. The molecule has 0 aliphatic rings. The maximum Gasteiger partial charge on any atom is 0.309 e. The lowest BCUT2D eigenvalue weighted by Crippen LogP contribution is -1.93. The van der Waals surface area contributed by atoms with E-state index in [-0.39, 0.29) is 0 Å². The lowest BCUT2D eigenvalue weighted by Gasteiger charge is -1.90. The molecule has 9 heavy (non-hydrogen) atoms. The Hall–Kier alpha value is -0.260. The van der Waals surface area contributed by atoms with Crippen LogP contribution in [0.4, 0.5) is 4.39 Å². The number of rotatable bonds is 0. The highest BCUT2D eigenvalue weighted by Gasteiger charge is 1.95. The zero-order valence-corrected chi connectivity index (χ0v) is 6.89. The summed E-state index contributed by atoms with van der Waals surface area (Å²) in [6.07, 6.45) is -0.653. The average molecular weight is 238 g/mol. The van der Waals surface area contributed by atoms with E-state index in [1.807, 2.05) is 22.6 Å². The van der Waals surface area contributed by atoms with Crippen LogP contribution in [-0.2, 0) is 0 Å². The molecule has 48 valence electrons. The smallest absolute Gasteiger partial charge is 0.208 e. The lowest BCUT2D eigenvalue weighted by molar-refractivity contribution is 0.531. The third-order valence-corrected chi connectivity index (χ3v) is 1.35. The molecule has 1 aromatic rings. The van der Waals surface area contributed by atoms with Crippen molar-refractivity contribution < 1.29 is 4.39 Å². The normalized spacial score (nSPS) is 9.67. The van der Waals surface area contributed by atoms with Crippen LogP contribution in [0.25, 0.3) is 0 Å². The van der Waals surface area contributed by atoms with Crippen LogP contribution in [0.1, 0.15) is 5.69 Å². The van der Waals surface area contributed by atoms with Crippen molar-refractivity contribution in [3.05, 3.63) is 21.5 Å². The summed E-state index contributed by atoms with van der Waals surface area (Å²) >= 11 is 1.94. The Balaban J connectivity index is 3.17. The molecule has 1 heterocycles. The SMILES string of the molecule is Cc1cc(I)nc(F)n1. The Morgan fingerprint density at radius 2 is 2.22 bits per heavy atom. The molecule has 1 aromatic heterocycles. The molecule has 0 N–H and O–H groups in total. The molecule has 0 aromatic carbocycles. The van der Waals surface area contributed by atoms with Crippen molar-refractivity contribution in [3.8, 4) is 0 Å². The third-order valence-electron chi connectivity index (χ3n) is 0.796. The highest BCUT2D eigenvalue weighted by molar-refractivity contribution is 14.1. The molecule has 0 fully saturated rings. The van der Waals surface area contributed by atoms with Crippen LogP contribution in [-0.4, -0.2) is 9.97 Å². The topological polar surface area (TPSA) is 25.8 Å². The van der Waals surface area contributed by atoms with E-state index >= 15 is 0 Å². The van der Waals surface area contributed by atoms with Gasteiger partial charge in [-0.05, 0) is 35.6 Å². The minimum atomic E-state index is -0.653. The second-order valence-corrected chi connectivity index (χ2v) is 2.71. The predicted octanol–water partition coefficient (Wildman–Crippen LogP) is 1.53. The van der Waals surface area contributed by atoms with E-state index in [0.29, 0.717) is 9.39 Å². The van der Waals surface area contributed by atoms with Gasteiger partial charge in [0, 0.05) is 5.69 Å². The molecule has 0 spiro atoms. The maximum absolute atomic E-state index is 12.2. The van der Waals surface area contributed by atoms with Crippen LogP contribution in [0.3, 0.4) is 0 Å². The van der Waals surface area contributed by atoms with Crippen LogP contribution in [0.15, 0.2) is 6.07 Å². The van der Waals surface area contributed by atoms with Gasteiger partial charge in [-0.15, -0.1) is 0 Å². The molecule has 0 aliphatic carbocycles. The summed E-state index contributed by atoms with van der Waals surface area (Å²) in [6, 6.07) is 1.71. The fourth-order valence-electron chi connectivity index (χ4n) is 0.496. The zero-order chi connectivity index (χ0) is 6.85. The molecule has 0 saturated heterocycles. The van der Waals surface area contributed by atoms with E-state index in [4.69, 9.17) is 0 Å². The highest BCUT2D eigenvalue weighted by Crippen LogP contribution is 2.01. The van der Waals surface area contributed by atoms with Crippen molar-refractivity contribution in [3.63, 3.8) is 0 Å². The molecule has 0 unspecified atom stereocenters. The fraction of sp³-hybridized carbons (Fsp3) is 0.200. The Labute approximate surface area is 65.7 Å². The zero-order valence-electron chi connectivity index (χ0n) is 4.73. The standard InChI is InChI=1S/C5H4FIN2/c1-3-2-4(7)9-5(6)8-3/h2H,1H3. The molecule has 0 amide bonds. The van der Waals surface area contributed by atoms with Gasteiger partial charge < -0.3 is 0 Å². The molecular weight excluding hydrogens is 234 g/mol. The molecular formula is C5H4FIN2. The quantitative estimate of drug-likeness (QED) is 0.389. The molecule has 0 radical (unpaired) electrons. The van der Waals surface area contributed by atoms with Crippen molar-refractivity contribution in [2.24, 2.45) is 0 Å². The molecule has 0 bridgehead atoms. The molecule has 4 heteroatoms. The van der Waals surface area contributed by atoms with Gasteiger partial charge in [-0.1, -0.05) is 0 Å². The minimum Gasteiger partial charge on any atom is -0.208 e. The van der Waals surface area contributed by atoms with Crippen molar-refractivity contribution >= 4 is 22.6 Å². The molecule has 1 rings (SSSR count). The van der Waals surface area contributed by atoms with Gasteiger partial charge in [0.1, 0.15) is 3.70 Å². The number of nitrogens with zero attached hydrogens (tertiary/aromatic N) is 2. The van der Waals surface area contributed by atoms with Gasteiger partial charge in [-0.2, -0.15) is 9.37 Å². The monoisotopic (exact) mass is 238 g/mol. The fourth-order valence-corrected chi connectivity index (χ4v) is 1.15. The van der Waals surface area contributed by atoms with Crippen molar-refractivity contribution in [2.75, 3.05) is 0 Å². The second-order valence-electron chi connectivity index (χ2n) is 1.60. The van der Waals surface area contributed by atoms with Crippen molar-refractivity contribution in [2.45, 2.75) is 6.92 Å². The number of aromatic nitrogens is 2. The first-order valence-corrected chi connectivity index (χ1v) is 3.43. The third kappa shape index (κ3) is 1.85. The Morgan fingerprint density at radius 1 is 1.56 bits per heavy atom. The van der Waals surface area contributed by atoms with E-state index < -0.39 is 6.08 Å². The van der Waals surface area contributed by atoms with Crippen LogP contribution in [0.2, 0.25) is 0 Å². The molecule has 0 saturated carbocycles. The molecule has 0 atom stereocenters. The number of aryl methyl sites for hydroxylation is 1. The number of hydrogen-bond acceptors (Lipinski definition) is 2. The van der Waals surface area contributed by atoms with E-state index in [9.17, 15) is 4.39 Å². The van der Waals surface area contributed by atoms with E-state index in [2.05, 4.69) is 9.97 Å². The van der Waals surface area contributed by atoms with Gasteiger partial charge in [-0.3, -0.25) is 0 Å². The van der Waals surface area contributed by atoms with Crippen LogP contribution >= 0.6 is 22.6 Å². The summed E-state index contributed by atoms with van der Waals surface area (Å²) in [5.41, 5.74) is 0.659. The summed E-state index contributed by atoms with van der Waals surface area (Å²) < 4.78 is 12.8. The highest BCUT2D eigenvalue weighted by atomic mass is 127.